The molecular weight excluding hydrogens is 540 g/mol. The van der Waals surface area contributed by atoms with Gasteiger partial charge in [-0.05, 0) is 75.3 Å². The minimum atomic E-state index is -0.215. The molecule has 1 unspecified atom stereocenters. The summed E-state index contributed by atoms with van der Waals surface area (Å²) in [4.78, 5) is 28.4. The molecule has 1 fully saturated rings. The van der Waals surface area contributed by atoms with Crippen LogP contribution in [0.25, 0.3) is 10.9 Å². The maximum absolute atomic E-state index is 12.9. The summed E-state index contributed by atoms with van der Waals surface area (Å²) in [5, 5.41) is 7.40. The maximum atomic E-state index is 12.9. The third kappa shape index (κ3) is 6.93. The number of nitrogens with one attached hydrogen (secondary N) is 2. The van der Waals surface area contributed by atoms with Crippen molar-refractivity contribution in [3.05, 3.63) is 83.9 Å². The highest BCUT2D eigenvalue weighted by atomic mass is 35.5. The quantitative estimate of drug-likeness (QED) is 0.200. The average Bonchev–Trinajstić information content (AvgIpc) is 3.45. The summed E-state index contributed by atoms with van der Waals surface area (Å²) in [6, 6.07) is 15.0. The van der Waals surface area contributed by atoms with Gasteiger partial charge >= 0.3 is 0 Å². The standard InChI is InChI=1S/C31H33ClN6O3/c1-3-38-17-7-9-23(38)11-15-28(39)37-26-13-12-25-29(30(26)40-4-2)31(35-20-34-25)36-21-10-14-27(24(32)18-21)41-19-22-8-5-6-16-33-22/h5-6,8,10-16,18,20,23H,3-4,7,9,17,19H2,1-2H3,(H,37,39)(H,34,35,36). The Kier molecular flexibility index (Phi) is 9.28. The molecular formula is C31H33ClN6O3. The Balaban J connectivity index is 1.37. The molecule has 0 spiro atoms. The van der Waals surface area contributed by atoms with Gasteiger partial charge in [-0.2, -0.15) is 0 Å². The molecule has 2 aromatic heterocycles. The fourth-order valence-corrected chi connectivity index (χ4v) is 5.15. The summed E-state index contributed by atoms with van der Waals surface area (Å²) in [5.74, 6) is 1.34. The first kappa shape index (κ1) is 28.3. The highest BCUT2D eigenvalue weighted by molar-refractivity contribution is 6.32. The zero-order chi connectivity index (χ0) is 28.6. The largest absolute Gasteiger partial charge is 0.491 e. The monoisotopic (exact) mass is 572 g/mol. The van der Waals surface area contributed by atoms with Crippen molar-refractivity contribution in [2.24, 2.45) is 0 Å². The average molecular weight is 573 g/mol. The van der Waals surface area contributed by atoms with Gasteiger partial charge in [0.05, 0.1) is 33.9 Å². The van der Waals surface area contributed by atoms with Gasteiger partial charge in [-0.15, -0.1) is 0 Å². The van der Waals surface area contributed by atoms with E-state index in [9.17, 15) is 4.79 Å². The molecule has 212 valence electrons. The molecule has 0 aliphatic carbocycles. The Morgan fingerprint density at radius 2 is 2.02 bits per heavy atom. The molecule has 2 N–H and O–H groups in total. The number of anilines is 3. The molecule has 9 nitrogen and oxygen atoms in total. The lowest BCUT2D eigenvalue weighted by atomic mass is 10.1. The number of hydrogen-bond donors (Lipinski definition) is 2. The second kappa shape index (κ2) is 13.4. The number of halogens is 1. The van der Waals surface area contributed by atoms with Crippen LogP contribution >= 0.6 is 11.6 Å². The number of ether oxygens (including phenoxy) is 2. The van der Waals surface area contributed by atoms with E-state index in [2.05, 4.69) is 37.4 Å². The van der Waals surface area contributed by atoms with E-state index in [1.807, 2.05) is 43.3 Å². The predicted molar refractivity (Wildman–Crippen MR) is 162 cm³/mol. The van der Waals surface area contributed by atoms with Crippen LogP contribution in [0.5, 0.6) is 11.5 Å². The van der Waals surface area contributed by atoms with Gasteiger partial charge in [0.2, 0.25) is 5.91 Å². The molecule has 4 aromatic rings. The van der Waals surface area contributed by atoms with Crippen LogP contribution in [0.15, 0.2) is 73.2 Å². The summed E-state index contributed by atoms with van der Waals surface area (Å²) in [6.07, 6.45) is 9.00. The van der Waals surface area contributed by atoms with E-state index >= 15 is 0 Å². The molecule has 1 aliphatic rings. The molecule has 2 aromatic carbocycles. The minimum absolute atomic E-state index is 0.215. The van der Waals surface area contributed by atoms with Crippen LogP contribution in [-0.2, 0) is 11.4 Å². The zero-order valence-electron chi connectivity index (χ0n) is 23.1. The van der Waals surface area contributed by atoms with Crippen LogP contribution in [-0.4, -0.2) is 51.5 Å². The lowest BCUT2D eigenvalue weighted by Gasteiger charge is -2.19. The van der Waals surface area contributed by atoms with E-state index in [-0.39, 0.29) is 11.9 Å². The Bertz CT molecular complexity index is 1530. The molecule has 3 heterocycles. The smallest absolute Gasteiger partial charge is 0.248 e. The lowest BCUT2D eigenvalue weighted by molar-refractivity contribution is -0.112. The zero-order valence-corrected chi connectivity index (χ0v) is 23.9. The Hall–Kier alpha value is -4.21. The first-order chi connectivity index (χ1) is 20.1. The van der Waals surface area contributed by atoms with Crippen molar-refractivity contribution in [2.45, 2.75) is 39.3 Å². The van der Waals surface area contributed by atoms with E-state index in [0.717, 1.165) is 31.6 Å². The molecule has 5 rings (SSSR count). The van der Waals surface area contributed by atoms with Crippen molar-refractivity contribution in [3.8, 4) is 11.5 Å². The van der Waals surface area contributed by atoms with Gasteiger partial charge in [0.15, 0.2) is 5.75 Å². The van der Waals surface area contributed by atoms with Crippen LogP contribution in [0.3, 0.4) is 0 Å². The van der Waals surface area contributed by atoms with E-state index < -0.39 is 0 Å². The minimum Gasteiger partial charge on any atom is -0.491 e. The number of nitrogens with zero attached hydrogens (tertiary/aromatic N) is 4. The summed E-state index contributed by atoms with van der Waals surface area (Å²) in [6.45, 7) is 6.77. The van der Waals surface area contributed by atoms with Crippen molar-refractivity contribution in [2.75, 3.05) is 30.3 Å². The van der Waals surface area contributed by atoms with E-state index in [1.165, 1.54) is 6.33 Å². The first-order valence-corrected chi connectivity index (χ1v) is 14.2. The topological polar surface area (TPSA) is 102 Å². The Morgan fingerprint density at radius 1 is 1.12 bits per heavy atom. The fourth-order valence-electron chi connectivity index (χ4n) is 4.91. The number of likely N-dealkylation sites (N-methyl/N-ethyl adjacent to an activating group) is 1. The molecule has 1 atom stereocenters. The lowest BCUT2D eigenvalue weighted by Crippen LogP contribution is -2.27. The Labute approximate surface area is 244 Å². The molecule has 1 aliphatic heterocycles. The van der Waals surface area contributed by atoms with E-state index in [4.69, 9.17) is 21.1 Å². The van der Waals surface area contributed by atoms with E-state index in [1.54, 1.807) is 30.5 Å². The number of amides is 1. The summed E-state index contributed by atoms with van der Waals surface area (Å²) >= 11 is 6.54. The van der Waals surface area contributed by atoms with Gasteiger partial charge in [0.1, 0.15) is 24.5 Å². The van der Waals surface area contributed by atoms with Gasteiger partial charge in [-0.1, -0.05) is 30.7 Å². The van der Waals surface area contributed by atoms with Crippen LogP contribution in [0.1, 0.15) is 32.4 Å². The second-order valence-electron chi connectivity index (χ2n) is 9.56. The van der Waals surface area contributed by atoms with Gasteiger partial charge in [0.25, 0.3) is 0 Å². The summed E-state index contributed by atoms with van der Waals surface area (Å²) < 4.78 is 11.9. The normalized spacial score (nSPS) is 15.3. The van der Waals surface area contributed by atoms with Gasteiger partial charge in [0, 0.05) is 24.0 Å². The second-order valence-corrected chi connectivity index (χ2v) is 9.97. The maximum Gasteiger partial charge on any atom is 0.248 e. The van der Waals surface area contributed by atoms with Crippen LogP contribution in [0.2, 0.25) is 5.02 Å². The number of fused-ring (bicyclic) bond motifs is 1. The molecule has 1 amide bonds. The Morgan fingerprint density at radius 3 is 2.80 bits per heavy atom. The number of aromatic nitrogens is 3. The van der Waals surface area contributed by atoms with Gasteiger partial charge in [-0.3, -0.25) is 14.7 Å². The highest BCUT2D eigenvalue weighted by Crippen LogP contribution is 2.38. The molecule has 1 saturated heterocycles. The number of likely N-dealkylation sites (tertiary alicyclic amines) is 1. The molecule has 0 bridgehead atoms. The van der Waals surface area contributed by atoms with Crippen molar-refractivity contribution in [1.29, 1.82) is 0 Å². The van der Waals surface area contributed by atoms with E-state index in [0.29, 0.717) is 57.8 Å². The fraction of sp³-hybridized carbons (Fsp3) is 0.290. The van der Waals surface area contributed by atoms with Crippen molar-refractivity contribution < 1.29 is 14.3 Å². The predicted octanol–water partition coefficient (Wildman–Crippen LogP) is 6.38. The first-order valence-electron chi connectivity index (χ1n) is 13.8. The third-order valence-electron chi connectivity index (χ3n) is 6.89. The van der Waals surface area contributed by atoms with Crippen LogP contribution < -0.4 is 20.1 Å². The summed E-state index contributed by atoms with van der Waals surface area (Å²) in [5.41, 5.74) is 2.73. The molecule has 41 heavy (non-hydrogen) atoms. The molecule has 10 heteroatoms. The van der Waals surface area contributed by atoms with Crippen LogP contribution in [0.4, 0.5) is 17.2 Å². The molecule has 0 saturated carbocycles. The van der Waals surface area contributed by atoms with Crippen molar-refractivity contribution >= 4 is 45.6 Å². The number of carbonyl (C=O) groups excluding carboxylic acids is 1. The number of pyridine rings is 1. The molecule has 0 radical (unpaired) electrons. The summed E-state index contributed by atoms with van der Waals surface area (Å²) in [7, 11) is 0. The number of hydrogen-bond acceptors (Lipinski definition) is 8. The van der Waals surface area contributed by atoms with Crippen molar-refractivity contribution in [3.63, 3.8) is 0 Å². The van der Waals surface area contributed by atoms with Gasteiger partial charge < -0.3 is 20.1 Å². The number of rotatable bonds is 11. The SMILES string of the molecule is CCOc1c(NC(=O)C=CC2CCCN2CC)ccc2ncnc(Nc3ccc(OCc4ccccn4)c(Cl)c3)c12. The highest BCUT2D eigenvalue weighted by Gasteiger charge is 2.21. The third-order valence-corrected chi connectivity index (χ3v) is 7.18. The van der Waals surface area contributed by atoms with Crippen LogP contribution in [0, 0.1) is 0 Å². The number of carbonyl (C=O) groups is 1. The van der Waals surface area contributed by atoms with Gasteiger partial charge in [-0.25, -0.2) is 9.97 Å². The van der Waals surface area contributed by atoms with Crippen molar-refractivity contribution in [1.82, 2.24) is 19.9 Å². The number of benzene rings is 2.